The Hall–Kier alpha value is -2.18. The highest BCUT2D eigenvalue weighted by Crippen LogP contribution is 2.32. The second-order valence-corrected chi connectivity index (χ2v) is 7.84. The van der Waals surface area contributed by atoms with Crippen molar-refractivity contribution in [3.8, 4) is 11.4 Å². The molecule has 2 heterocycles. The summed E-state index contributed by atoms with van der Waals surface area (Å²) in [5.74, 6) is 0.930. The Morgan fingerprint density at radius 2 is 2.00 bits per heavy atom. The first-order valence-electron chi connectivity index (χ1n) is 8.78. The maximum absolute atomic E-state index is 13.0. The number of hydrogen-bond acceptors (Lipinski definition) is 4. The van der Waals surface area contributed by atoms with E-state index < -0.39 is 0 Å². The first kappa shape index (κ1) is 18.2. The van der Waals surface area contributed by atoms with Gasteiger partial charge in [-0.05, 0) is 55.7 Å². The maximum Gasteiger partial charge on any atom is 0.254 e. The number of hydrogen-bond donors (Lipinski definition) is 0. The summed E-state index contributed by atoms with van der Waals surface area (Å²) in [5, 5.41) is 4.71. The summed E-state index contributed by atoms with van der Waals surface area (Å²) in [6.45, 7) is 0.675. The van der Waals surface area contributed by atoms with Crippen LogP contribution in [0.1, 0.15) is 41.6 Å². The molecule has 1 saturated heterocycles. The molecule has 7 heteroatoms. The fourth-order valence-electron chi connectivity index (χ4n) is 3.31. The van der Waals surface area contributed by atoms with Gasteiger partial charge in [-0.2, -0.15) is 4.98 Å². The Morgan fingerprint density at radius 3 is 2.78 bits per heavy atom. The zero-order valence-corrected chi connectivity index (χ0v) is 16.8. The maximum atomic E-state index is 13.0. The minimum atomic E-state index is -0.213. The van der Waals surface area contributed by atoms with Gasteiger partial charge in [-0.15, -0.1) is 0 Å². The van der Waals surface area contributed by atoms with E-state index in [0.29, 0.717) is 28.8 Å². The van der Waals surface area contributed by atoms with Crippen molar-refractivity contribution in [2.24, 2.45) is 0 Å². The van der Waals surface area contributed by atoms with Gasteiger partial charge in [-0.3, -0.25) is 4.79 Å². The van der Waals surface area contributed by atoms with Crippen molar-refractivity contribution >= 4 is 33.4 Å². The Kier molecular flexibility index (Phi) is 5.27. The van der Waals surface area contributed by atoms with Crippen molar-refractivity contribution in [3.05, 3.63) is 69.5 Å². The molecular formula is C20H17BrClN3O2. The molecule has 2 aromatic carbocycles. The third-order valence-corrected chi connectivity index (χ3v) is 5.43. The van der Waals surface area contributed by atoms with E-state index in [2.05, 4.69) is 26.1 Å². The van der Waals surface area contributed by atoms with Gasteiger partial charge in [-0.1, -0.05) is 44.8 Å². The van der Waals surface area contributed by atoms with E-state index in [0.717, 1.165) is 29.3 Å². The monoisotopic (exact) mass is 445 g/mol. The van der Waals surface area contributed by atoms with Gasteiger partial charge in [-0.25, -0.2) is 0 Å². The number of carbonyl (C=O) groups excluding carboxylic acids is 1. The Balaban J connectivity index is 1.61. The molecule has 1 aliphatic rings. The van der Waals surface area contributed by atoms with Crippen molar-refractivity contribution in [1.29, 1.82) is 0 Å². The van der Waals surface area contributed by atoms with Crippen LogP contribution in [0.5, 0.6) is 0 Å². The lowest BCUT2D eigenvalue weighted by atomic mass is 10.0. The van der Waals surface area contributed by atoms with Gasteiger partial charge in [0.1, 0.15) is 6.04 Å². The molecule has 0 N–H and O–H groups in total. The van der Waals surface area contributed by atoms with Crippen LogP contribution in [0.4, 0.5) is 0 Å². The molecule has 1 aliphatic heterocycles. The van der Waals surface area contributed by atoms with E-state index in [1.165, 1.54) is 0 Å². The summed E-state index contributed by atoms with van der Waals surface area (Å²) in [6.07, 6.45) is 2.79. The van der Waals surface area contributed by atoms with E-state index in [4.69, 9.17) is 16.1 Å². The van der Waals surface area contributed by atoms with E-state index in [1.807, 2.05) is 41.3 Å². The van der Waals surface area contributed by atoms with Gasteiger partial charge in [0.15, 0.2) is 0 Å². The molecule has 3 aromatic rings. The molecule has 138 valence electrons. The zero-order chi connectivity index (χ0) is 18.8. The van der Waals surface area contributed by atoms with Gasteiger partial charge >= 0.3 is 0 Å². The van der Waals surface area contributed by atoms with E-state index in [-0.39, 0.29) is 11.9 Å². The third kappa shape index (κ3) is 3.92. The number of piperidine rings is 1. The number of amides is 1. The summed E-state index contributed by atoms with van der Waals surface area (Å²) >= 11 is 9.45. The summed E-state index contributed by atoms with van der Waals surface area (Å²) in [5.41, 5.74) is 1.44. The number of carbonyl (C=O) groups is 1. The van der Waals surface area contributed by atoms with Crippen LogP contribution in [0.25, 0.3) is 11.4 Å². The van der Waals surface area contributed by atoms with Gasteiger partial charge < -0.3 is 9.42 Å². The molecule has 1 amide bonds. The summed E-state index contributed by atoms with van der Waals surface area (Å²) in [4.78, 5) is 19.4. The number of halogens is 2. The topological polar surface area (TPSA) is 59.2 Å². The quantitative estimate of drug-likeness (QED) is 0.531. The van der Waals surface area contributed by atoms with Crippen molar-refractivity contribution in [3.63, 3.8) is 0 Å². The van der Waals surface area contributed by atoms with Crippen molar-refractivity contribution in [2.45, 2.75) is 25.3 Å². The fraction of sp³-hybridized carbons (Fsp3) is 0.250. The standard InChI is InChI=1S/C20H17BrClN3O2/c21-15-9-7-13(8-10-15)20(26)25-11-2-1-6-17(25)19-23-18(24-27-19)14-4-3-5-16(22)12-14/h3-5,7-10,12,17H,1-2,6,11H2. The van der Waals surface area contributed by atoms with Crippen LogP contribution in [0.3, 0.4) is 0 Å². The van der Waals surface area contributed by atoms with Crippen LogP contribution < -0.4 is 0 Å². The lowest BCUT2D eigenvalue weighted by Crippen LogP contribution is -2.38. The smallest absolute Gasteiger partial charge is 0.254 e. The summed E-state index contributed by atoms with van der Waals surface area (Å²) in [6, 6.07) is 14.5. The highest BCUT2D eigenvalue weighted by Gasteiger charge is 2.32. The molecule has 4 rings (SSSR count). The lowest BCUT2D eigenvalue weighted by Gasteiger charge is -2.33. The zero-order valence-electron chi connectivity index (χ0n) is 14.4. The third-order valence-electron chi connectivity index (χ3n) is 4.66. The normalized spacial score (nSPS) is 17.1. The number of rotatable bonds is 3. The first-order chi connectivity index (χ1) is 13.1. The molecule has 1 fully saturated rings. The van der Waals surface area contributed by atoms with Gasteiger partial charge in [0.25, 0.3) is 5.91 Å². The number of aromatic nitrogens is 2. The molecule has 0 saturated carbocycles. The van der Waals surface area contributed by atoms with Crippen LogP contribution in [-0.4, -0.2) is 27.5 Å². The van der Waals surface area contributed by atoms with Crippen LogP contribution in [0, 0.1) is 0 Å². The molecule has 27 heavy (non-hydrogen) atoms. The van der Waals surface area contributed by atoms with E-state index in [1.54, 1.807) is 12.1 Å². The second-order valence-electron chi connectivity index (χ2n) is 6.48. The molecule has 1 aromatic heterocycles. The van der Waals surface area contributed by atoms with Gasteiger partial charge in [0, 0.05) is 27.2 Å². The Morgan fingerprint density at radius 1 is 1.19 bits per heavy atom. The minimum Gasteiger partial charge on any atom is -0.337 e. The Bertz CT molecular complexity index is 958. The molecule has 0 radical (unpaired) electrons. The highest BCUT2D eigenvalue weighted by atomic mass is 79.9. The second kappa shape index (κ2) is 7.82. The molecule has 0 aliphatic carbocycles. The van der Waals surface area contributed by atoms with Gasteiger partial charge in [0.05, 0.1) is 0 Å². The van der Waals surface area contributed by atoms with Gasteiger partial charge in [0.2, 0.25) is 11.7 Å². The largest absolute Gasteiger partial charge is 0.337 e. The van der Waals surface area contributed by atoms with Crippen LogP contribution in [-0.2, 0) is 0 Å². The molecular weight excluding hydrogens is 430 g/mol. The van der Waals surface area contributed by atoms with Crippen molar-refractivity contribution in [1.82, 2.24) is 15.0 Å². The average Bonchev–Trinajstić information content (AvgIpc) is 3.18. The average molecular weight is 447 g/mol. The van der Waals surface area contributed by atoms with E-state index >= 15 is 0 Å². The van der Waals surface area contributed by atoms with Crippen molar-refractivity contribution < 1.29 is 9.32 Å². The predicted octanol–water partition coefficient (Wildman–Crippen LogP) is 5.52. The minimum absolute atomic E-state index is 0.0188. The van der Waals surface area contributed by atoms with Crippen LogP contribution in [0.15, 0.2) is 57.5 Å². The molecule has 0 spiro atoms. The first-order valence-corrected chi connectivity index (χ1v) is 9.95. The fourth-order valence-corrected chi connectivity index (χ4v) is 3.76. The Labute approximate surface area is 170 Å². The van der Waals surface area contributed by atoms with Crippen LogP contribution in [0.2, 0.25) is 5.02 Å². The number of likely N-dealkylation sites (tertiary alicyclic amines) is 1. The number of nitrogens with zero attached hydrogens (tertiary/aromatic N) is 3. The van der Waals surface area contributed by atoms with E-state index in [9.17, 15) is 4.79 Å². The molecule has 1 atom stereocenters. The number of benzene rings is 2. The highest BCUT2D eigenvalue weighted by molar-refractivity contribution is 9.10. The molecule has 1 unspecified atom stereocenters. The SMILES string of the molecule is O=C(c1ccc(Br)cc1)N1CCCCC1c1nc(-c2cccc(Cl)c2)no1. The molecule has 0 bridgehead atoms. The molecule has 5 nitrogen and oxygen atoms in total. The summed E-state index contributed by atoms with van der Waals surface area (Å²) < 4.78 is 6.47. The predicted molar refractivity (Wildman–Crippen MR) is 107 cm³/mol. The lowest BCUT2D eigenvalue weighted by molar-refractivity contribution is 0.0561. The van der Waals surface area contributed by atoms with Crippen molar-refractivity contribution in [2.75, 3.05) is 6.54 Å². The summed E-state index contributed by atoms with van der Waals surface area (Å²) in [7, 11) is 0. The van der Waals surface area contributed by atoms with Crippen LogP contribution >= 0.6 is 27.5 Å².